The van der Waals surface area contributed by atoms with E-state index in [4.69, 9.17) is 9.47 Å². The van der Waals surface area contributed by atoms with Crippen molar-refractivity contribution in [1.82, 2.24) is 0 Å². The molecule has 0 fully saturated rings. The summed E-state index contributed by atoms with van der Waals surface area (Å²) in [5, 5.41) is 4.27. The number of carbonyl (C=O) groups excluding carboxylic acids is 2. The number of esters is 2. The van der Waals surface area contributed by atoms with E-state index in [-0.39, 0.29) is 0 Å². The summed E-state index contributed by atoms with van der Waals surface area (Å²) in [6.45, 7) is 9.15. The van der Waals surface area contributed by atoms with E-state index >= 15 is 0 Å². The monoisotopic (exact) mass is 889 g/mol. The second-order valence-corrected chi connectivity index (χ2v) is 20.8. The van der Waals surface area contributed by atoms with E-state index in [1.54, 1.807) is 22.7 Å². The van der Waals surface area contributed by atoms with Crippen LogP contribution in [0.25, 0.3) is 11.5 Å². The molecule has 0 aromatic carbocycles. The van der Waals surface area contributed by atoms with Crippen molar-refractivity contribution in [3.8, 4) is 0 Å². The largest absolute Gasteiger partial charge is 0.421 e. The van der Waals surface area contributed by atoms with Crippen molar-refractivity contribution in [1.29, 1.82) is 0 Å². The second-order valence-electron chi connectivity index (χ2n) is 19.0. The zero-order chi connectivity index (χ0) is 44.0. The standard InChI is InChI=1S/C56H88O4S2/c1-5-9-13-17-21-23-27-31-35-45(33-29-25-19-15-11-7-3)41-47-37-39-61-53(47)51-43-49(55(57)59-51)50-44-52(60-56(50)58)54-48(38-40-62-54)42-46(34-30-26-20-16-12-8-4)36-32-28-24-22-18-14-10-6-2/h37-40,43-46H,5-36,41-42H2,1-4H3/b50-49-. The Labute approximate surface area is 388 Å². The molecule has 4 rings (SSSR count). The summed E-state index contributed by atoms with van der Waals surface area (Å²) in [5.74, 6) is 1.51. The Kier molecular flexibility index (Phi) is 27.1. The Balaban J connectivity index is 1.42. The van der Waals surface area contributed by atoms with Crippen molar-refractivity contribution >= 4 is 46.1 Å². The molecule has 0 saturated heterocycles. The lowest BCUT2D eigenvalue weighted by Crippen LogP contribution is -2.07. The van der Waals surface area contributed by atoms with E-state index in [1.165, 1.54) is 217 Å². The number of ether oxygens (including phenoxy) is 2. The number of hydrogen-bond acceptors (Lipinski definition) is 6. The van der Waals surface area contributed by atoms with Gasteiger partial charge >= 0.3 is 11.9 Å². The van der Waals surface area contributed by atoms with E-state index in [0.717, 1.165) is 22.6 Å². The van der Waals surface area contributed by atoms with Crippen LogP contribution in [0.5, 0.6) is 0 Å². The molecule has 2 aliphatic heterocycles. The topological polar surface area (TPSA) is 52.6 Å². The molecule has 2 aliphatic rings. The third-order valence-corrected chi connectivity index (χ3v) is 15.5. The first-order valence-corrected chi connectivity index (χ1v) is 28.0. The minimum Gasteiger partial charge on any atom is -0.421 e. The van der Waals surface area contributed by atoms with Crippen molar-refractivity contribution in [2.75, 3.05) is 0 Å². The summed E-state index contributed by atoms with van der Waals surface area (Å²) in [5.41, 5.74) is 3.17. The van der Waals surface area contributed by atoms with Gasteiger partial charge < -0.3 is 9.47 Å². The third kappa shape index (κ3) is 19.3. The number of carbonyl (C=O) groups is 2. The number of cyclic esters (lactones) is 2. The van der Waals surface area contributed by atoms with E-state index in [9.17, 15) is 9.59 Å². The molecule has 2 aromatic rings. The Morgan fingerprint density at radius 1 is 0.403 bits per heavy atom. The van der Waals surface area contributed by atoms with E-state index in [0.29, 0.717) is 34.5 Å². The normalized spacial score (nSPS) is 16.2. The summed E-state index contributed by atoms with van der Waals surface area (Å²) >= 11 is 3.29. The molecular weight excluding hydrogens is 801 g/mol. The Morgan fingerprint density at radius 3 is 0.968 bits per heavy atom. The average molecular weight is 889 g/mol. The third-order valence-electron chi connectivity index (χ3n) is 13.5. The van der Waals surface area contributed by atoms with Crippen LogP contribution in [0.3, 0.4) is 0 Å². The molecule has 2 atom stereocenters. The molecule has 4 heterocycles. The lowest BCUT2D eigenvalue weighted by molar-refractivity contribution is -0.133. The first kappa shape index (κ1) is 52.2. The summed E-state index contributed by atoms with van der Waals surface area (Å²) in [4.78, 5) is 29.1. The van der Waals surface area contributed by atoms with Gasteiger partial charge in [0.05, 0.1) is 20.9 Å². The lowest BCUT2D eigenvalue weighted by Gasteiger charge is -2.18. The summed E-state index contributed by atoms with van der Waals surface area (Å²) < 4.78 is 12.0. The number of thiophene rings is 2. The Morgan fingerprint density at radius 2 is 0.677 bits per heavy atom. The fraction of sp³-hybridized carbons (Fsp3) is 0.714. The van der Waals surface area contributed by atoms with Gasteiger partial charge in [-0.1, -0.05) is 233 Å². The van der Waals surface area contributed by atoms with Crippen molar-refractivity contribution < 1.29 is 19.1 Å². The zero-order valence-corrected chi connectivity index (χ0v) is 41.7. The van der Waals surface area contributed by atoms with E-state index < -0.39 is 11.9 Å². The lowest BCUT2D eigenvalue weighted by atomic mass is 9.88. The smallest absolute Gasteiger partial charge is 0.344 e. The molecule has 0 spiro atoms. The average Bonchev–Trinajstić information content (AvgIpc) is 4.09. The Bertz CT molecular complexity index is 1500. The number of hydrogen-bond donors (Lipinski definition) is 0. The molecule has 348 valence electrons. The first-order valence-electron chi connectivity index (χ1n) is 26.2. The van der Waals surface area contributed by atoms with Crippen molar-refractivity contribution in [3.63, 3.8) is 0 Å². The van der Waals surface area contributed by atoms with Gasteiger partial charge in [-0.3, -0.25) is 0 Å². The fourth-order valence-corrected chi connectivity index (χ4v) is 11.4. The highest BCUT2D eigenvalue weighted by molar-refractivity contribution is 7.11. The first-order chi connectivity index (χ1) is 30.5. The number of rotatable bonds is 38. The highest BCUT2D eigenvalue weighted by atomic mass is 32.1. The maximum Gasteiger partial charge on any atom is 0.344 e. The van der Waals surface area contributed by atoms with Gasteiger partial charge in [0.25, 0.3) is 0 Å². The van der Waals surface area contributed by atoms with Gasteiger partial charge in [-0.2, -0.15) is 0 Å². The van der Waals surface area contributed by atoms with Crippen LogP contribution in [0.4, 0.5) is 0 Å². The van der Waals surface area contributed by atoms with Gasteiger partial charge in [0.2, 0.25) is 0 Å². The molecule has 0 bridgehead atoms. The van der Waals surface area contributed by atoms with Gasteiger partial charge in [0.15, 0.2) is 0 Å². The van der Waals surface area contributed by atoms with E-state index in [1.807, 2.05) is 12.2 Å². The predicted molar refractivity (Wildman–Crippen MR) is 269 cm³/mol. The molecule has 0 radical (unpaired) electrons. The van der Waals surface area contributed by atoms with Crippen molar-refractivity contribution in [2.45, 2.75) is 246 Å². The highest BCUT2D eigenvalue weighted by Gasteiger charge is 2.34. The summed E-state index contributed by atoms with van der Waals surface area (Å²) in [6, 6.07) is 4.46. The van der Waals surface area contributed by atoms with Gasteiger partial charge in [0, 0.05) is 0 Å². The SMILES string of the molecule is CCCCCCCCCCC(CCCCCCCC)Cc1ccsc1C1=C/C(=C2\C=C(c3sccc3CC(CCCCCCCC)CCCCCCCCCC)OC2=O)C(=O)O1. The molecule has 6 heteroatoms. The van der Waals surface area contributed by atoms with Crippen molar-refractivity contribution in [2.24, 2.45) is 11.8 Å². The van der Waals surface area contributed by atoms with Crippen LogP contribution in [0, 0.1) is 11.8 Å². The molecule has 4 nitrogen and oxygen atoms in total. The Hall–Kier alpha value is -2.44. The number of unbranched alkanes of at least 4 members (excludes halogenated alkanes) is 24. The van der Waals surface area contributed by atoms with Crippen LogP contribution in [0.2, 0.25) is 0 Å². The minimum atomic E-state index is -0.456. The van der Waals surface area contributed by atoms with Crippen LogP contribution < -0.4 is 0 Å². The van der Waals surface area contributed by atoms with Crippen LogP contribution in [0.1, 0.15) is 254 Å². The molecule has 62 heavy (non-hydrogen) atoms. The minimum absolute atomic E-state index is 0.315. The van der Waals surface area contributed by atoms with Gasteiger partial charge in [0.1, 0.15) is 11.5 Å². The summed E-state index contributed by atoms with van der Waals surface area (Å²) in [6.07, 6.45) is 48.1. The fourth-order valence-electron chi connectivity index (χ4n) is 9.65. The highest BCUT2D eigenvalue weighted by Crippen LogP contribution is 2.40. The quantitative estimate of drug-likeness (QED) is 0.0383. The van der Waals surface area contributed by atoms with Gasteiger partial charge in [-0.15, -0.1) is 22.7 Å². The maximum atomic E-state index is 13.5. The molecule has 0 saturated carbocycles. The molecule has 0 amide bonds. The van der Waals surface area contributed by atoms with Gasteiger partial charge in [-0.25, -0.2) is 9.59 Å². The molecular formula is C56H88O4S2. The van der Waals surface area contributed by atoms with Crippen LogP contribution >= 0.6 is 22.7 Å². The van der Waals surface area contributed by atoms with Gasteiger partial charge in [-0.05, 0) is 70.8 Å². The van der Waals surface area contributed by atoms with Crippen LogP contribution in [-0.4, -0.2) is 11.9 Å². The molecule has 0 aliphatic carbocycles. The zero-order valence-electron chi connectivity index (χ0n) is 40.1. The van der Waals surface area contributed by atoms with Crippen molar-refractivity contribution in [3.05, 3.63) is 67.1 Å². The predicted octanol–water partition coefficient (Wildman–Crippen LogP) is 18.5. The van der Waals surface area contributed by atoms with E-state index in [2.05, 4.69) is 50.6 Å². The second kappa shape index (κ2) is 32.3. The van der Waals surface area contributed by atoms with Crippen LogP contribution in [-0.2, 0) is 31.9 Å². The van der Waals surface area contributed by atoms with Crippen LogP contribution in [0.15, 0.2) is 46.2 Å². The molecule has 0 N–H and O–H groups in total. The molecule has 2 unspecified atom stereocenters. The maximum absolute atomic E-state index is 13.5. The summed E-state index contributed by atoms with van der Waals surface area (Å²) in [7, 11) is 0. The molecule has 2 aromatic heterocycles.